The Balaban J connectivity index is 1.68. The van der Waals surface area contributed by atoms with E-state index in [1.165, 1.54) is 6.21 Å². The molecule has 156 valence electrons. The fourth-order valence-electron chi connectivity index (χ4n) is 3.34. The van der Waals surface area contributed by atoms with Gasteiger partial charge in [0.15, 0.2) is 0 Å². The van der Waals surface area contributed by atoms with Gasteiger partial charge in [0.2, 0.25) is 26.6 Å². The number of hydrogen-bond acceptors (Lipinski definition) is 7. The molecule has 2 aromatic carbocycles. The third-order valence-electron chi connectivity index (χ3n) is 4.97. The zero-order valence-electron chi connectivity index (χ0n) is 16.8. The maximum Gasteiger partial charge on any atom is 0.243 e. The number of nitrogens with zero attached hydrogens (tertiary/aromatic N) is 3. The third-order valence-corrected chi connectivity index (χ3v) is 6.64. The second kappa shape index (κ2) is 8.71. The molecule has 30 heavy (non-hydrogen) atoms. The zero-order chi connectivity index (χ0) is 21.0. The second-order valence-electron chi connectivity index (χ2n) is 7.26. The molecule has 0 amide bonds. The van der Waals surface area contributed by atoms with Crippen LogP contribution in [0.15, 0.2) is 74.0 Å². The van der Waals surface area contributed by atoms with Crippen molar-refractivity contribution >= 4 is 27.6 Å². The molecule has 0 atom stereocenters. The second-order valence-corrected chi connectivity index (χ2v) is 9.13. The standard InChI is InChI=1S/C22H24N4O3S/c1-17-10-12-19(13-11-17)30(27,28)21-22(26-14-6-3-7-15-26)29-20(24-21)16-23-25-18-8-4-2-5-9-18/h2,4-5,8-13,16,25H,3,6-7,14-15H2,1H3. The molecule has 8 heteroatoms. The summed E-state index contributed by atoms with van der Waals surface area (Å²) in [6.45, 7) is 3.40. The van der Waals surface area contributed by atoms with E-state index in [9.17, 15) is 8.42 Å². The quantitative estimate of drug-likeness (QED) is 0.470. The number of aromatic nitrogens is 1. The summed E-state index contributed by atoms with van der Waals surface area (Å²) >= 11 is 0. The Bertz CT molecular complexity index is 1120. The molecular weight excluding hydrogens is 400 g/mol. The summed E-state index contributed by atoms with van der Waals surface area (Å²) in [6.07, 6.45) is 4.50. The molecule has 1 aliphatic heterocycles. The van der Waals surface area contributed by atoms with E-state index in [0.717, 1.165) is 43.6 Å². The van der Waals surface area contributed by atoms with Gasteiger partial charge in [0.05, 0.1) is 10.6 Å². The molecule has 0 unspecified atom stereocenters. The Kier molecular flexibility index (Phi) is 5.85. The van der Waals surface area contributed by atoms with Gasteiger partial charge in [0.1, 0.15) is 6.21 Å². The highest BCUT2D eigenvalue weighted by Gasteiger charge is 2.31. The van der Waals surface area contributed by atoms with Gasteiger partial charge in [-0.2, -0.15) is 10.1 Å². The van der Waals surface area contributed by atoms with Gasteiger partial charge in [-0.15, -0.1) is 0 Å². The van der Waals surface area contributed by atoms with Crippen LogP contribution in [-0.2, 0) is 9.84 Å². The van der Waals surface area contributed by atoms with Crippen molar-refractivity contribution in [2.45, 2.75) is 36.1 Å². The molecule has 0 spiro atoms. The first-order valence-electron chi connectivity index (χ1n) is 9.96. The highest BCUT2D eigenvalue weighted by Crippen LogP contribution is 2.32. The minimum atomic E-state index is -3.82. The number of oxazole rings is 1. The lowest BCUT2D eigenvalue weighted by Crippen LogP contribution is -2.30. The van der Waals surface area contributed by atoms with Gasteiger partial charge < -0.3 is 9.32 Å². The molecule has 0 radical (unpaired) electrons. The number of benzene rings is 2. The first kappa shape index (κ1) is 20.2. The van der Waals surface area contributed by atoms with Crippen LogP contribution in [0.5, 0.6) is 0 Å². The number of anilines is 2. The lowest BCUT2D eigenvalue weighted by atomic mass is 10.1. The SMILES string of the molecule is Cc1ccc(S(=O)(=O)c2nc(C=NNc3ccccc3)oc2N2CCCCC2)cc1. The van der Waals surface area contributed by atoms with E-state index in [0.29, 0.717) is 0 Å². The Hall–Kier alpha value is -3.13. The molecular formula is C22H24N4O3S. The van der Waals surface area contributed by atoms with Crippen LogP contribution < -0.4 is 10.3 Å². The van der Waals surface area contributed by atoms with Crippen LogP contribution in [0.25, 0.3) is 0 Å². The van der Waals surface area contributed by atoms with Gasteiger partial charge in [-0.3, -0.25) is 5.43 Å². The van der Waals surface area contributed by atoms with Crippen molar-refractivity contribution in [2.75, 3.05) is 23.4 Å². The molecule has 1 fully saturated rings. The van der Waals surface area contributed by atoms with E-state index >= 15 is 0 Å². The summed E-state index contributed by atoms with van der Waals surface area (Å²) in [5.74, 6) is 0.432. The average Bonchev–Trinajstić information content (AvgIpc) is 3.21. The minimum absolute atomic E-state index is 0.0607. The van der Waals surface area contributed by atoms with Crippen LogP contribution in [0.4, 0.5) is 11.6 Å². The van der Waals surface area contributed by atoms with Gasteiger partial charge in [-0.25, -0.2) is 8.42 Å². The number of aryl methyl sites for hydroxylation is 1. The molecule has 7 nitrogen and oxygen atoms in total. The number of piperidine rings is 1. The number of hydrazone groups is 1. The van der Waals surface area contributed by atoms with Crippen LogP contribution in [0.1, 0.15) is 30.7 Å². The summed E-state index contributed by atoms with van der Waals surface area (Å²) in [6, 6.07) is 16.2. The number of nitrogens with one attached hydrogen (secondary N) is 1. The highest BCUT2D eigenvalue weighted by atomic mass is 32.2. The average molecular weight is 425 g/mol. The molecule has 0 bridgehead atoms. The van der Waals surface area contributed by atoms with Crippen molar-refractivity contribution in [1.29, 1.82) is 0 Å². The van der Waals surface area contributed by atoms with Crippen molar-refractivity contribution in [2.24, 2.45) is 5.10 Å². The normalized spacial score (nSPS) is 14.9. The molecule has 0 saturated carbocycles. The Labute approximate surface area is 176 Å². The van der Waals surface area contributed by atoms with E-state index in [1.807, 2.05) is 42.2 Å². The summed E-state index contributed by atoms with van der Waals surface area (Å²) in [7, 11) is -3.82. The van der Waals surface area contributed by atoms with Gasteiger partial charge >= 0.3 is 0 Å². The first-order chi connectivity index (χ1) is 14.5. The lowest BCUT2D eigenvalue weighted by Gasteiger charge is -2.26. The van der Waals surface area contributed by atoms with Gasteiger partial charge in [-0.05, 0) is 50.5 Å². The van der Waals surface area contributed by atoms with Crippen LogP contribution in [0.2, 0.25) is 0 Å². The molecule has 0 aliphatic carbocycles. The van der Waals surface area contributed by atoms with E-state index in [-0.39, 0.29) is 21.7 Å². The summed E-state index contributed by atoms with van der Waals surface area (Å²) < 4.78 is 32.5. The maximum absolute atomic E-state index is 13.3. The largest absolute Gasteiger partial charge is 0.418 e. The van der Waals surface area contributed by atoms with E-state index in [1.54, 1.807) is 24.3 Å². The number of hydrogen-bond donors (Lipinski definition) is 1. The van der Waals surface area contributed by atoms with Gasteiger partial charge in [-0.1, -0.05) is 35.9 Å². The predicted octanol–water partition coefficient (Wildman–Crippen LogP) is 4.25. The molecule has 1 aromatic heterocycles. The Morgan fingerprint density at radius 2 is 1.73 bits per heavy atom. The number of para-hydroxylation sites is 1. The van der Waals surface area contributed by atoms with E-state index in [4.69, 9.17) is 4.42 Å². The fourth-order valence-corrected chi connectivity index (χ4v) is 4.67. The van der Waals surface area contributed by atoms with Crippen LogP contribution >= 0.6 is 0 Å². The van der Waals surface area contributed by atoms with Crippen molar-refractivity contribution in [3.05, 3.63) is 66.1 Å². The number of rotatable bonds is 6. The molecule has 1 aliphatic rings. The Morgan fingerprint density at radius 3 is 2.43 bits per heavy atom. The summed E-state index contributed by atoms with van der Waals surface area (Å²) in [4.78, 5) is 6.46. The van der Waals surface area contributed by atoms with Crippen molar-refractivity contribution < 1.29 is 12.8 Å². The van der Waals surface area contributed by atoms with E-state index < -0.39 is 9.84 Å². The van der Waals surface area contributed by atoms with Crippen molar-refractivity contribution in [3.8, 4) is 0 Å². The van der Waals surface area contributed by atoms with Gasteiger partial charge in [0.25, 0.3) is 0 Å². The van der Waals surface area contributed by atoms with Crippen molar-refractivity contribution in [3.63, 3.8) is 0 Å². The monoisotopic (exact) mass is 424 g/mol. The molecule has 3 aromatic rings. The molecule has 2 heterocycles. The van der Waals surface area contributed by atoms with Crippen LogP contribution in [0, 0.1) is 6.92 Å². The van der Waals surface area contributed by atoms with Crippen LogP contribution in [0.3, 0.4) is 0 Å². The first-order valence-corrected chi connectivity index (χ1v) is 11.4. The van der Waals surface area contributed by atoms with Crippen LogP contribution in [-0.4, -0.2) is 32.7 Å². The zero-order valence-corrected chi connectivity index (χ0v) is 17.6. The third kappa shape index (κ3) is 4.38. The lowest BCUT2D eigenvalue weighted by molar-refractivity contribution is 0.489. The summed E-state index contributed by atoms with van der Waals surface area (Å²) in [5, 5.41) is 4.07. The molecule has 4 rings (SSSR count). The summed E-state index contributed by atoms with van der Waals surface area (Å²) in [5.41, 5.74) is 4.68. The highest BCUT2D eigenvalue weighted by molar-refractivity contribution is 7.91. The topological polar surface area (TPSA) is 87.8 Å². The maximum atomic E-state index is 13.3. The Morgan fingerprint density at radius 1 is 1.03 bits per heavy atom. The van der Waals surface area contributed by atoms with Crippen molar-refractivity contribution in [1.82, 2.24) is 4.98 Å². The molecule has 1 N–H and O–H groups in total. The minimum Gasteiger partial charge on any atom is -0.418 e. The smallest absolute Gasteiger partial charge is 0.243 e. The van der Waals surface area contributed by atoms with Gasteiger partial charge in [0, 0.05) is 13.1 Å². The predicted molar refractivity (Wildman–Crippen MR) is 117 cm³/mol. The number of sulfone groups is 1. The van der Waals surface area contributed by atoms with E-state index in [2.05, 4.69) is 15.5 Å². The fraction of sp³-hybridized carbons (Fsp3) is 0.273. The molecule has 1 saturated heterocycles.